The van der Waals surface area contributed by atoms with Crippen LogP contribution in [0.15, 0.2) is 6.33 Å². The molecule has 1 amide bonds. The van der Waals surface area contributed by atoms with Crippen LogP contribution in [0.4, 0.5) is 5.13 Å². The number of nitrogens with two attached hydrogens (primary N) is 1. The second-order valence-electron chi connectivity index (χ2n) is 3.08. The Morgan fingerprint density at radius 1 is 1.69 bits per heavy atom. The maximum absolute atomic E-state index is 11.7. The van der Waals surface area contributed by atoms with Crippen LogP contribution in [-0.4, -0.2) is 26.1 Å². The number of aromatic nitrogens is 4. The number of thiazole rings is 1. The van der Waals surface area contributed by atoms with E-state index >= 15 is 0 Å². The van der Waals surface area contributed by atoms with Crippen LogP contribution >= 0.6 is 11.3 Å². The topological polar surface area (TPSA) is 110 Å². The van der Waals surface area contributed by atoms with Crippen molar-refractivity contribution in [1.29, 1.82) is 0 Å². The van der Waals surface area contributed by atoms with Gasteiger partial charge in [-0.15, -0.1) is 0 Å². The average molecular weight is 238 g/mol. The summed E-state index contributed by atoms with van der Waals surface area (Å²) < 4.78 is 0. The molecule has 16 heavy (non-hydrogen) atoms. The standard InChI is InChI=1S/C8H10N6OS/c1-4-6(16-8(9)13-4)7(15)10-2-5-11-3-12-14-5/h3H,2H2,1H3,(H2,9,13)(H,10,15)(H,11,12,14). The van der Waals surface area contributed by atoms with E-state index in [0.717, 1.165) is 0 Å². The molecular formula is C8H10N6OS. The number of hydrogen-bond acceptors (Lipinski definition) is 6. The van der Waals surface area contributed by atoms with Gasteiger partial charge in [-0.05, 0) is 6.92 Å². The molecule has 2 rings (SSSR count). The molecule has 0 unspecified atom stereocenters. The molecule has 2 heterocycles. The summed E-state index contributed by atoms with van der Waals surface area (Å²) in [6.07, 6.45) is 1.39. The number of nitrogens with one attached hydrogen (secondary N) is 2. The Kier molecular flexibility index (Phi) is 2.82. The lowest BCUT2D eigenvalue weighted by molar-refractivity contribution is 0.0953. The van der Waals surface area contributed by atoms with Crippen molar-refractivity contribution in [2.24, 2.45) is 0 Å². The number of hydrogen-bond donors (Lipinski definition) is 3. The van der Waals surface area contributed by atoms with Crippen LogP contribution in [0.2, 0.25) is 0 Å². The number of H-pyrrole nitrogens is 1. The maximum atomic E-state index is 11.7. The zero-order valence-electron chi connectivity index (χ0n) is 8.52. The third-order valence-corrected chi connectivity index (χ3v) is 2.89. The van der Waals surface area contributed by atoms with Gasteiger partial charge in [-0.3, -0.25) is 9.89 Å². The summed E-state index contributed by atoms with van der Waals surface area (Å²) in [6.45, 7) is 2.05. The first-order valence-electron chi connectivity index (χ1n) is 4.52. The Morgan fingerprint density at radius 2 is 2.50 bits per heavy atom. The monoisotopic (exact) mass is 238 g/mol. The van der Waals surface area contributed by atoms with Crippen LogP contribution < -0.4 is 11.1 Å². The number of carbonyl (C=O) groups excluding carboxylic acids is 1. The van der Waals surface area contributed by atoms with Crippen LogP contribution in [0.3, 0.4) is 0 Å². The number of aryl methyl sites for hydroxylation is 1. The highest BCUT2D eigenvalue weighted by Gasteiger charge is 2.13. The van der Waals surface area contributed by atoms with E-state index in [0.29, 0.717) is 28.1 Å². The SMILES string of the molecule is Cc1nc(N)sc1C(=O)NCc1ncn[nH]1. The van der Waals surface area contributed by atoms with Crippen molar-refractivity contribution in [3.05, 3.63) is 22.7 Å². The average Bonchev–Trinajstić information content (AvgIpc) is 2.84. The van der Waals surface area contributed by atoms with Crippen molar-refractivity contribution < 1.29 is 4.79 Å². The van der Waals surface area contributed by atoms with Gasteiger partial charge in [0.1, 0.15) is 17.0 Å². The van der Waals surface area contributed by atoms with E-state index in [9.17, 15) is 4.79 Å². The van der Waals surface area contributed by atoms with Crippen molar-refractivity contribution in [1.82, 2.24) is 25.5 Å². The molecular weight excluding hydrogens is 228 g/mol. The lowest BCUT2D eigenvalue weighted by Gasteiger charge is -2.00. The fourth-order valence-corrected chi connectivity index (χ4v) is 1.94. The second kappa shape index (κ2) is 4.27. The molecule has 4 N–H and O–H groups in total. The molecule has 0 aliphatic carbocycles. The van der Waals surface area contributed by atoms with Crippen molar-refractivity contribution in [3.63, 3.8) is 0 Å². The van der Waals surface area contributed by atoms with E-state index in [2.05, 4.69) is 25.5 Å². The molecule has 8 heteroatoms. The van der Waals surface area contributed by atoms with E-state index < -0.39 is 0 Å². The zero-order chi connectivity index (χ0) is 11.5. The van der Waals surface area contributed by atoms with Crippen LogP contribution in [-0.2, 0) is 6.54 Å². The van der Waals surface area contributed by atoms with Crippen LogP contribution in [0.5, 0.6) is 0 Å². The fraction of sp³-hybridized carbons (Fsp3) is 0.250. The first-order chi connectivity index (χ1) is 7.66. The van der Waals surface area contributed by atoms with Crippen molar-refractivity contribution >= 4 is 22.4 Å². The molecule has 0 aliphatic rings. The number of carbonyl (C=O) groups is 1. The minimum atomic E-state index is -0.205. The van der Waals surface area contributed by atoms with Crippen molar-refractivity contribution in [2.45, 2.75) is 13.5 Å². The lowest BCUT2D eigenvalue weighted by atomic mass is 10.4. The van der Waals surface area contributed by atoms with Gasteiger partial charge in [-0.2, -0.15) is 5.10 Å². The van der Waals surface area contributed by atoms with Gasteiger partial charge in [-0.25, -0.2) is 9.97 Å². The van der Waals surface area contributed by atoms with Crippen LogP contribution in [0.25, 0.3) is 0 Å². The predicted molar refractivity (Wildman–Crippen MR) is 58.8 cm³/mol. The molecule has 0 saturated carbocycles. The van der Waals surface area contributed by atoms with Gasteiger partial charge >= 0.3 is 0 Å². The molecule has 2 aromatic heterocycles. The highest BCUT2D eigenvalue weighted by atomic mass is 32.1. The minimum Gasteiger partial charge on any atom is -0.375 e. The molecule has 0 aliphatic heterocycles. The van der Waals surface area contributed by atoms with E-state index in [4.69, 9.17) is 5.73 Å². The third-order valence-electron chi connectivity index (χ3n) is 1.90. The quantitative estimate of drug-likeness (QED) is 0.701. The fourth-order valence-electron chi connectivity index (χ4n) is 1.19. The number of aromatic amines is 1. The van der Waals surface area contributed by atoms with Crippen LogP contribution in [0, 0.1) is 6.92 Å². The Hall–Kier alpha value is -1.96. The van der Waals surface area contributed by atoms with Gasteiger partial charge in [0.2, 0.25) is 0 Å². The molecule has 0 atom stereocenters. The molecule has 0 fully saturated rings. The summed E-state index contributed by atoms with van der Waals surface area (Å²) in [7, 11) is 0. The smallest absolute Gasteiger partial charge is 0.263 e. The summed E-state index contributed by atoms with van der Waals surface area (Å²) in [5, 5.41) is 9.42. The van der Waals surface area contributed by atoms with Crippen molar-refractivity contribution in [3.8, 4) is 0 Å². The van der Waals surface area contributed by atoms with Gasteiger partial charge in [0.15, 0.2) is 5.13 Å². The Morgan fingerprint density at radius 3 is 3.06 bits per heavy atom. The number of nitrogen functional groups attached to an aromatic ring is 1. The molecule has 0 radical (unpaired) electrons. The zero-order valence-corrected chi connectivity index (χ0v) is 9.34. The first-order valence-corrected chi connectivity index (χ1v) is 5.34. The summed E-state index contributed by atoms with van der Waals surface area (Å²) in [5.74, 6) is 0.395. The molecule has 84 valence electrons. The largest absolute Gasteiger partial charge is 0.375 e. The molecule has 2 aromatic rings. The summed E-state index contributed by atoms with van der Waals surface area (Å²) in [6, 6.07) is 0. The minimum absolute atomic E-state index is 0.205. The molecule has 0 bridgehead atoms. The van der Waals surface area contributed by atoms with Crippen molar-refractivity contribution in [2.75, 3.05) is 5.73 Å². The van der Waals surface area contributed by atoms with E-state index in [1.165, 1.54) is 17.7 Å². The third kappa shape index (κ3) is 2.16. The number of rotatable bonds is 3. The molecule has 0 aromatic carbocycles. The summed E-state index contributed by atoms with van der Waals surface area (Å²) in [4.78, 5) is 20.1. The highest BCUT2D eigenvalue weighted by molar-refractivity contribution is 7.17. The van der Waals surface area contributed by atoms with Gasteiger partial charge in [0.05, 0.1) is 12.2 Å². The Balaban J connectivity index is 2.01. The van der Waals surface area contributed by atoms with E-state index in [1.54, 1.807) is 6.92 Å². The van der Waals surface area contributed by atoms with Gasteiger partial charge < -0.3 is 11.1 Å². The predicted octanol–water partition coefficient (Wildman–Crippen LogP) is 0.0818. The van der Waals surface area contributed by atoms with Gasteiger partial charge in [0.25, 0.3) is 5.91 Å². The number of nitrogens with zero attached hydrogens (tertiary/aromatic N) is 3. The van der Waals surface area contributed by atoms with Gasteiger partial charge in [-0.1, -0.05) is 11.3 Å². The Labute approximate surface area is 95.1 Å². The second-order valence-corrected chi connectivity index (χ2v) is 4.11. The lowest BCUT2D eigenvalue weighted by Crippen LogP contribution is -2.23. The number of anilines is 1. The van der Waals surface area contributed by atoms with Gasteiger partial charge in [0, 0.05) is 0 Å². The normalized spacial score (nSPS) is 10.3. The maximum Gasteiger partial charge on any atom is 0.263 e. The van der Waals surface area contributed by atoms with Crippen LogP contribution in [0.1, 0.15) is 21.2 Å². The van der Waals surface area contributed by atoms with E-state index in [1.807, 2.05) is 0 Å². The molecule has 7 nitrogen and oxygen atoms in total. The molecule has 0 saturated heterocycles. The summed E-state index contributed by atoms with van der Waals surface area (Å²) >= 11 is 1.17. The van der Waals surface area contributed by atoms with E-state index in [-0.39, 0.29) is 5.91 Å². The summed E-state index contributed by atoms with van der Waals surface area (Å²) in [5.41, 5.74) is 6.14. The highest BCUT2D eigenvalue weighted by Crippen LogP contribution is 2.19. The number of amides is 1. The molecule has 0 spiro atoms. The Bertz CT molecular complexity index is 491. The first kappa shape index (κ1) is 10.6.